The number of hydrogen-bond donors (Lipinski definition) is 0. The number of fused-ring (bicyclic) bond motifs is 2. The van der Waals surface area contributed by atoms with E-state index in [1.54, 1.807) is 30.6 Å². The molecular formula is C28H28N2O7S. The quantitative estimate of drug-likeness (QED) is 0.408. The Hall–Kier alpha value is -4.05. The van der Waals surface area contributed by atoms with Crippen molar-refractivity contribution in [3.05, 3.63) is 78.5 Å². The normalized spacial score (nSPS) is 16.2. The second kappa shape index (κ2) is 10.7. The molecule has 0 saturated heterocycles. The van der Waals surface area contributed by atoms with Crippen molar-refractivity contribution in [3.8, 4) is 23.0 Å². The van der Waals surface area contributed by atoms with Gasteiger partial charge in [0.15, 0.2) is 27.8 Å². The van der Waals surface area contributed by atoms with Crippen molar-refractivity contribution in [2.75, 3.05) is 26.6 Å². The Kier molecular flexibility index (Phi) is 7.24. The van der Waals surface area contributed by atoms with E-state index >= 15 is 0 Å². The van der Waals surface area contributed by atoms with Crippen LogP contribution in [0.5, 0.6) is 23.0 Å². The topological polar surface area (TPSA) is 97.6 Å². The Bertz CT molecular complexity index is 1600. The molecule has 2 aromatic carbocycles. The Labute approximate surface area is 223 Å². The zero-order valence-electron chi connectivity index (χ0n) is 21.6. The number of aromatic nitrogens is 1. The highest BCUT2D eigenvalue weighted by molar-refractivity contribution is 7.07. The first kappa shape index (κ1) is 25.6. The predicted molar refractivity (Wildman–Crippen MR) is 142 cm³/mol. The van der Waals surface area contributed by atoms with E-state index < -0.39 is 12.0 Å². The average molecular weight is 537 g/mol. The predicted octanol–water partition coefficient (Wildman–Crippen LogP) is 3.32. The molecule has 10 heteroatoms. The van der Waals surface area contributed by atoms with Gasteiger partial charge in [0.05, 0.1) is 41.7 Å². The smallest absolute Gasteiger partial charge is 0.338 e. The lowest BCUT2D eigenvalue weighted by molar-refractivity contribution is -0.139. The molecule has 1 aromatic heterocycles. The second-order valence-corrected chi connectivity index (χ2v) is 9.50. The SMILES string of the molecule is CCOC(=O)C1=C(C)N=c2sc(=Cc3ccc4c(c3)OCO4)c(=O)n2C1c1ccc(OCC)c(OCC)c1. The van der Waals surface area contributed by atoms with Gasteiger partial charge in [0, 0.05) is 0 Å². The molecule has 0 amide bonds. The number of thiazole rings is 1. The maximum Gasteiger partial charge on any atom is 0.338 e. The van der Waals surface area contributed by atoms with E-state index in [-0.39, 0.29) is 19.0 Å². The van der Waals surface area contributed by atoms with Gasteiger partial charge in [-0.1, -0.05) is 23.5 Å². The standard InChI is InChI=1S/C28H28N2O7S/c1-5-33-19-11-9-18(14-22(19)34-6-2)25-24(27(32)35-7-3)16(4)29-28-30(25)26(31)23(38-28)13-17-8-10-20-21(12-17)37-15-36-20/h8-14,25H,5-7,15H2,1-4H3. The molecule has 0 fully saturated rings. The van der Waals surface area contributed by atoms with Gasteiger partial charge < -0.3 is 23.7 Å². The lowest BCUT2D eigenvalue weighted by atomic mass is 9.95. The Morgan fingerprint density at radius 2 is 1.82 bits per heavy atom. The summed E-state index contributed by atoms with van der Waals surface area (Å²) in [5.74, 6) is 1.90. The first-order chi connectivity index (χ1) is 18.4. The summed E-state index contributed by atoms with van der Waals surface area (Å²) in [6, 6.07) is 10.2. The summed E-state index contributed by atoms with van der Waals surface area (Å²) >= 11 is 1.26. The van der Waals surface area contributed by atoms with Crippen molar-refractivity contribution >= 4 is 23.4 Å². The number of nitrogens with zero attached hydrogens (tertiary/aromatic N) is 2. The first-order valence-corrected chi connectivity index (χ1v) is 13.3. The van der Waals surface area contributed by atoms with E-state index in [4.69, 9.17) is 23.7 Å². The zero-order valence-corrected chi connectivity index (χ0v) is 22.4. The third kappa shape index (κ3) is 4.67. The van der Waals surface area contributed by atoms with Gasteiger partial charge in [-0.3, -0.25) is 9.36 Å². The molecule has 2 aliphatic rings. The minimum absolute atomic E-state index is 0.169. The highest BCUT2D eigenvalue weighted by Gasteiger charge is 2.34. The van der Waals surface area contributed by atoms with Crippen LogP contribution in [-0.4, -0.2) is 37.1 Å². The van der Waals surface area contributed by atoms with Gasteiger partial charge >= 0.3 is 5.97 Å². The van der Waals surface area contributed by atoms with Crippen molar-refractivity contribution in [2.45, 2.75) is 33.7 Å². The Morgan fingerprint density at radius 3 is 2.58 bits per heavy atom. The third-order valence-electron chi connectivity index (χ3n) is 6.09. The van der Waals surface area contributed by atoms with Gasteiger partial charge in [-0.25, -0.2) is 9.79 Å². The van der Waals surface area contributed by atoms with Crippen LogP contribution in [-0.2, 0) is 9.53 Å². The zero-order chi connectivity index (χ0) is 26.8. The van der Waals surface area contributed by atoms with Crippen LogP contribution in [0.3, 0.4) is 0 Å². The van der Waals surface area contributed by atoms with Crippen LogP contribution in [0.25, 0.3) is 6.08 Å². The van der Waals surface area contributed by atoms with Gasteiger partial charge in [0.25, 0.3) is 5.56 Å². The van der Waals surface area contributed by atoms with Gasteiger partial charge in [-0.15, -0.1) is 0 Å². The fourth-order valence-corrected chi connectivity index (χ4v) is 5.55. The average Bonchev–Trinajstić information content (AvgIpc) is 3.48. The highest BCUT2D eigenvalue weighted by Crippen LogP contribution is 2.36. The first-order valence-electron chi connectivity index (χ1n) is 12.4. The van der Waals surface area contributed by atoms with Gasteiger partial charge in [-0.05, 0) is 69.2 Å². The molecule has 5 rings (SSSR count). The number of allylic oxidation sites excluding steroid dienone is 1. The Balaban J connectivity index is 1.69. The van der Waals surface area contributed by atoms with E-state index in [2.05, 4.69) is 4.99 Å². The van der Waals surface area contributed by atoms with E-state index in [0.29, 0.717) is 62.4 Å². The summed E-state index contributed by atoms with van der Waals surface area (Å²) in [6.07, 6.45) is 1.79. The summed E-state index contributed by atoms with van der Waals surface area (Å²) in [6.45, 7) is 8.55. The number of ether oxygens (including phenoxy) is 5. The molecule has 1 atom stereocenters. The summed E-state index contributed by atoms with van der Waals surface area (Å²) in [5, 5.41) is 0. The number of hydrogen-bond acceptors (Lipinski definition) is 9. The molecule has 0 N–H and O–H groups in total. The van der Waals surface area contributed by atoms with Crippen LogP contribution < -0.4 is 33.8 Å². The Morgan fingerprint density at radius 1 is 1.05 bits per heavy atom. The maximum atomic E-state index is 13.8. The lowest BCUT2D eigenvalue weighted by Crippen LogP contribution is -2.40. The van der Waals surface area contributed by atoms with Crippen LogP contribution in [0.4, 0.5) is 0 Å². The molecule has 0 saturated carbocycles. The van der Waals surface area contributed by atoms with Crippen LogP contribution in [0.15, 0.2) is 57.5 Å². The largest absolute Gasteiger partial charge is 0.490 e. The summed E-state index contributed by atoms with van der Waals surface area (Å²) in [5.41, 5.74) is 2.01. The number of rotatable bonds is 8. The van der Waals surface area contributed by atoms with Crippen molar-refractivity contribution in [1.82, 2.24) is 4.57 Å². The molecule has 0 aliphatic carbocycles. The summed E-state index contributed by atoms with van der Waals surface area (Å²) in [4.78, 5) is 32.1. The maximum absolute atomic E-state index is 13.8. The van der Waals surface area contributed by atoms with Gasteiger partial charge in [0.2, 0.25) is 6.79 Å². The van der Waals surface area contributed by atoms with Crippen molar-refractivity contribution in [1.29, 1.82) is 0 Å². The third-order valence-corrected chi connectivity index (χ3v) is 7.08. The minimum Gasteiger partial charge on any atom is -0.490 e. The molecule has 9 nitrogen and oxygen atoms in total. The van der Waals surface area contributed by atoms with E-state index in [1.807, 2.05) is 44.2 Å². The fraction of sp³-hybridized carbons (Fsp3) is 0.321. The second-order valence-electron chi connectivity index (χ2n) is 8.49. The number of benzene rings is 2. The van der Waals surface area contributed by atoms with E-state index in [1.165, 1.54) is 11.3 Å². The number of carbonyl (C=O) groups is 1. The summed E-state index contributed by atoms with van der Waals surface area (Å²) < 4.78 is 29.8. The fourth-order valence-electron chi connectivity index (χ4n) is 4.50. The number of carbonyl (C=O) groups excluding carboxylic acids is 1. The molecule has 1 unspecified atom stereocenters. The monoisotopic (exact) mass is 536 g/mol. The molecule has 3 aromatic rings. The molecule has 198 valence electrons. The van der Waals surface area contributed by atoms with Crippen LogP contribution in [0, 0.1) is 0 Å². The molecule has 3 heterocycles. The van der Waals surface area contributed by atoms with Crippen molar-refractivity contribution in [3.63, 3.8) is 0 Å². The van der Waals surface area contributed by atoms with Crippen molar-refractivity contribution in [2.24, 2.45) is 4.99 Å². The molecule has 0 radical (unpaired) electrons. The van der Waals surface area contributed by atoms with Gasteiger partial charge in [0.1, 0.15) is 0 Å². The molecule has 38 heavy (non-hydrogen) atoms. The summed E-state index contributed by atoms with van der Waals surface area (Å²) in [7, 11) is 0. The van der Waals surface area contributed by atoms with Crippen molar-refractivity contribution < 1.29 is 28.5 Å². The molecule has 0 bridgehead atoms. The van der Waals surface area contributed by atoms with Crippen LogP contribution >= 0.6 is 11.3 Å². The molecular weight excluding hydrogens is 508 g/mol. The lowest BCUT2D eigenvalue weighted by Gasteiger charge is -2.25. The van der Waals surface area contributed by atoms with Crippen LogP contribution in [0.2, 0.25) is 0 Å². The molecule has 0 spiro atoms. The molecule has 2 aliphatic heterocycles. The highest BCUT2D eigenvalue weighted by atomic mass is 32.1. The van der Waals surface area contributed by atoms with E-state index in [9.17, 15) is 9.59 Å². The number of esters is 1. The minimum atomic E-state index is -0.751. The van der Waals surface area contributed by atoms with E-state index in [0.717, 1.165) is 5.56 Å². The van der Waals surface area contributed by atoms with Gasteiger partial charge in [-0.2, -0.15) is 0 Å². The van der Waals surface area contributed by atoms with Crippen LogP contribution in [0.1, 0.15) is 44.9 Å².